The summed E-state index contributed by atoms with van der Waals surface area (Å²) in [6.07, 6.45) is 7.39. The molecule has 0 N–H and O–H groups in total. The number of halogens is 4. The minimum absolute atomic E-state index is 0.0109. The van der Waals surface area contributed by atoms with Crippen LogP contribution in [0.3, 0.4) is 0 Å². The van der Waals surface area contributed by atoms with Crippen molar-refractivity contribution in [1.82, 2.24) is 0 Å². The van der Waals surface area contributed by atoms with Crippen LogP contribution >= 0.6 is 0 Å². The highest BCUT2D eigenvalue weighted by atomic mass is 19.2. The monoisotopic (exact) mass is 810 g/mol. The third-order valence-electron chi connectivity index (χ3n) is 14.0. The van der Waals surface area contributed by atoms with Gasteiger partial charge in [0.15, 0.2) is 46.4 Å². The van der Waals surface area contributed by atoms with Crippen molar-refractivity contribution < 1.29 is 36.7 Å². The van der Waals surface area contributed by atoms with Gasteiger partial charge < -0.3 is 0 Å². The van der Waals surface area contributed by atoms with E-state index in [1.807, 2.05) is 12.2 Å². The summed E-state index contributed by atoms with van der Waals surface area (Å²) in [5.74, 6) is -5.93. The van der Waals surface area contributed by atoms with E-state index in [0.717, 1.165) is 79.9 Å². The highest BCUT2D eigenvalue weighted by molar-refractivity contribution is 6.41. The molecule has 6 aromatic carbocycles. The van der Waals surface area contributed by atoms with Crippen LogP contribution in [0.2, 0.25) is 0 Å². The first-order valence-corrected chi connectivity index (χ1v) is 20.1. The van der Waals surface area contributed by atoms with Gasteiger partial charge in [-0.05, 0) is 162 Å². The first-order chi connectivity index (χ1) is 28.7. The Hall–Kier alpha value is -6.80. The Kier molecular flexibility index (Phi) is 7.15. The van der Waals surface area contributed by atoms with E-state index in [2.05, 4.69) is 65.8 Å². The fourth-order valence-electron chi connectivity index (χ4n) is 10.3. The lowest BCUT2D eigenvalue weighted by Gasteiger charge is -2.26. The molecular formula is C53H34F4O4. The van der Waals surface area contributed by atoms with Crippen LogP contribution in [0.4, 0.5) is 17.6 Å². The zero-order valence-electron chi connectivity index (χ0n) is 33.9. The summed E-state index contributed by atoms with van der Waals surface area (Å²) < 4.78 is 56.2. The number of hydrogen-bond donors (Lipinski definition) is 0. The molecule has 5 aliphatic rings. The topological polar surface area (TPSA) is 68.3 Å². The Labute approximate surface area is 347 Å². The van der Waals surface area contributed by atoms with E-state index in [9.17, 15) is 36.7 Å². The van der Waals surface area contributed by atoms with Crippen LogP contribution in [0.15, 0.2) is 107 Å². The summed E-state index contributed by atoms with van der Waals surface area (Å²) in [6, 6.07) is 18.8. The summed E-state index contributed by atoms with van der Waals surface area (Å²) in [5, 5.41) is 1.34. The van der Waals surface area contributed by atoms with Crippen molar-refractivity contribution >= 4 is 56.8 Å². The Bertz CT molecular complexity index is 3040. The fraction of sp³-hybridized carbons (Fsp3) is 0.170. The number of ketones is 4. The number of carbonyl (C=O) groups excluding carboxylic acids is 4. The second kappa shape index (κ2) is 11.7. The molecule has 5 aliphatic carbocycles. The minimum atomic E-state index is -1.03. The van der Waals surface area contributed by atoms with Gasteiger partial charge in [-0.3, -0.25) is 19.2 Å². The van der Waals surface area contributed by atoms with Crippen LogP contribution in [0, 0.1) is 23.3 Å². The van der Waals surface area contributed by atoms with Crippen molar-refractivity contribution in [1.29, 1.82) is 0 Å². The SMILES string of the molecule is CC1(C)C(C=C2C(=O)c3cc4cc(F)c(F)cc4cc3C2=O)=Cc2cc3c(cc21)-c1cc2c(cc1C3(C)C)C=C(C=C1C(=O)c3cc4cc(F)c(F)cc4cc3C1=O)C2(C)C. The molecule has 0 bridgehead atoms. The van der Waals surface area contributed by atoms with E-state index < -0.39 is 62.6 Å². The first kappa shape index (κ1) is 37.2. The third kappa shape index (κ3) is 4.87. The second-order valence-corrected chi connectivity index (χ2v) is 18.5. The van der Waals surface area contributed by atoms with Crippen LogP contribution in [0.5, 0.6) is 0 Å². The lowest BCUT2D eigenvalue weighted by atomic mass is 9.77. The number of hydrogen-bond acceptors (Lipinski definition) is 4. The molecule has 0 aromatic heterocycles. The van der Waals surface area contributed by atoms with Crippen LogP contribution in [0.1, 0.15) is 116 Å². The van der Waals surface area contributed by atoms with Gasteiger partial charge >= 0.3 is 0 Å². The minimum Gasteiger partial charge on any atom is -0.288 e. The van der Waals surface area contributed by atoms with E-state index in [-0.39, 0.29) is 33.4 Å². The van der Waals surface area contributed by atoms with Gasteiger partial charge in [0.2, 0.25) is 0 Å². The van der Waals surface area contributed by atoms with Gasteiger partial charge in [0.1, 0.15) is 0 Å². The molecule has 0 saturated carbocycles. The average molecular weight is 811 g/mol. The molecule has 0 atom stereocenters. The molecule has 0 aliphatic heterocycles. The largest absolute Gasteiger partial charge is 0.288 e. The molecule has 0 saturated heterocycles. The van der Waals surface area contributed by atoms with Gasteiger partial charge in [0.25, 0.3) is 0 Å². The molecule has 0 spiro atoms. The maximum Gasteiger partial charge on any atom is 0.197 e. The number of benzene rings is 6. The third-order valence-corrected chi connectivity index (χ3v) is 14.0. The van der Waals surface area contributed by atoms with Crippen LogP contribution in [-0.2, 0) is 16.2 Å². The maximum atomic E-state index is 14.1. The summed E-state index contributed by atoms with van der Waals surface area (Å²) >= 11 is 0. The Morgan fingerprint density at radius 2 is 0.656 bits per heavy atom. The Morgan fingerprint density at radius 1 is 0.361 bits per heavy atom. The van der Waals surface area contributed by atoms with Crippen molar-refractivity contribution in [3.8, 4) is 11.1 Å². The second-order valence-electron chi connectivity index (χ2n) is 18.5. The van der Waals surface area contributed by atoms with Gasteiger partial charge in [-0.1, -0.05) is 53.7 Å². The molecular weight excluding hydrogens is 777 g/mol. The van der Waals surface area contributed by atoms with Gasteiger partial charge in [0.05, 0.1) is 11.1 Å². The molecule has 298 valence electrons. The molecule has 61 heavy (non-hydrogen) atoms. The normalized spacial score (nSPS) is 18.3. The van der Waals surface area contributed by atoms with Crippen molar-refractivity contribution in [2.45, 2.75) is 57.8 Å². The summed E-state index contributed by atoms with van der Waals surface area (Å²) in [4.78, 5) is 54.9. The van der Waals surface area contributed by atoms with E-state index in [0.29, 0.717) is 21.5 Å². The first-order valence-electron chi connectivity index (χ1n) is 20.1. The zero-order chi connectivity index (χ0) is 43.0. The van der Waals surface area contributed by atoms with Gasteiger partial charge in [0, 0.05) is 38.5 Å². The predicted octanol–water partition coefficient (Wildman–Crippen LogP) is 12.2. The average Bonchev–Trinajstić information content (AvgIpc) is 3.84. The van der Waals surface area contributed by atoms with Crippen LogP contribution in [0.25, 0.3) is 44.8 Å². The smallest absolute Gasteiger partial charge is 0.197 e. The van der Waals surface area contributed by atoms with Gasteiger partial charge in [-0.15, -0.1) is 0 Å². The number of rotatable bonds is 2. The van der Waals surface area contributed by atoms with E-state index in [1.54, 1.807) is 12.2 Å². The molecule has 0 radical (unpaired) electrons. The highest BCUT2D eigenvalue weighted by Crippen LogP contribution is 2.56. The Morgan fingerprint density at radius 3 is 0.951 bits per heavy atom. The lowest BCUT2D eigenvalue weighted by Crippen LogP contribution is -2.19. The molecule has 0 fully saturated rings. The number of Topliss-reactive ketones (excluding diaryl/α,β-unsaturated/α-hetero) is 4. The predicted molar refractivity (Wildman–Crippen MR) is 227 cm³/mol. The zero-order valence-corrected chi connectivity index (χ0v) is 33.9. The van der Waals surface area contributed by atoms with Crippen LogP contribution in [-0.4, -0.2) is 23.1 Å². The molecule has 0 unspecified atom stereocenters. The summed E-state index contributed by atoms with van der Waals surface area (Å²) in [7, 11) is 0. The summed E-state index contributed by atoms with van der Waals surface area (Å²) in [6.45, 7) is 12.6. The number of carbonyl (C=O) groups is 4. The highest BCUT2D eigenvalue weighted by Gasteiger charge is 2.44. The van der Waals surface area contributed by atoms with E-state index in [4.69, 9.17) is 0 Å². The molecule has 4 nitrogen and oxygen atoms in total. The maximum absolute atomic E-state index is 14.1. The van der Waals surface area contributed by atoms with Gasteiger partial charge in [-0.25, -0.2) is 17.6 Å². The van der Waals surface area contributed by atoms with E-state index in [1.165, 1.54) is 24.3 Å². The van der Waals surface area contributed by atoms with Crippen molar-refractivity contribution in [2.24, 2.45) is 0 Å². The lowest BCUT2D eigenvalue weighted by molar-refractivity contribution is 0.0973. The fourth-order valence-corrected chi connectivity index (χ4v) is 10.3. The molecule has 6 aromatic rings. The standard InChI is InChI=1S/C53H34F4O4/c1-51(2)29(19-37-47(58)33-9-23-15-43(54)44(55)16-24(23)10-34(33)48(37)59)7-27-13-41-31(21-39(27)51)32-22-40-28(14-42(32)53(41,5)6)8-30(52(40,3)4)20-38-49(60)35-11-25-17-45(56)46(57)18-26(25)12-36(35)50(38)61/h7-22H,1-6H3. The number of allylic oxidation sites excluding steroid dienone is 6. The molecule has 0 amide bonds. The quantitative estimate of drug-likeness (QED) is 0.0992. The Balaban J connectivity index is 0.937. The molecule has 0 heterocycles. The summed E-state index contributed by atoms with van der Waals surface area (Å²) in [5.41, 5.74) is 9.12. The van der Waals surface area contributed by atoms with E-state index >= 15 is 0 Å². The number of fused-ring (bicyclic) bond motifs is 9. The van der Waals surface area contributed by atoms with Crippen molar-refractivity contribution in [3.63, 3.8) is 0 Å². The van der Waals surface area contributed by atoms with Crippen molar-refractivity contribution in [3.05, 3.63) is 186 Å². The van der Waals surface area contributed by atoms with Crippen LogP contribution < -0.4 is 0 Å². The molecule has 11 rings (SSSR count). The molecule has 8 heteroatoms. The van der Waals surface area contributed by atoms with Gasteiger partial charge in [-0.2, -0.15) is 0 Å². The van der Waals surface area contributed by atoms with Crippen molar-refractivity contribution in [2.75, 3.05) is 0 Å².